The lowest BCUT2D eigenvalue weighted by atomic mass is 9.78. The van der Waals surface area contributed by atoms with Crippen LogP contribution in [0.1, 0.15) is 23.7 Å². The molecular weight excluding hydrogens is 420 g/mol. The van der Waals surface area contributed by atoms with Gasteiger partial charge in [-0.3, -0.25) is 0 Å². The molecule has 0 amide bonds. The van der Waals surface area contributed by atoms with Gasteiger partial charge in [-0.1, -0.05) is 105 Å². The standard InChI is InChI=1S/C13H10Cl7O/c14-11(15,12(16,17)13(18,19)20)9-6-5-7-3-1-2-4-8(7)10(9)21/h1-4,9-10H,5-6H2. The van der Waals surface area contributed by atoms with E-state index < -0.39 is 24.5 Å². The van der Waals surface area contributed by atoms with Gasteiger partial charge in [0.25, 0.3) is 0 Å². The van der Waals surface area contributed by atoms with Crippen molar-refractivity contribution in [3.05, 3.63) is 35.4 Å². The van der Waals surface area contributed by atoms with E-state index in [0.717, 1.165) is 5.56 Å². The number of halogens is 7. The van der Waals surface area contributed by atoms with Gasteiger partial charge >= 0.3 is 0 Å². The molecule has 2 rings (SSSR count). The van der Waals surface area contributed by atoms with Crippen molar-refractivity contribution < 1.29 is 5.11 Å². The summed E-state index contributed by atoms with van der Waals surface area (Å²) in [6, 6.07) is 7.28. The highest BCUT2D eigenvalue weighted by Gasteiger charge is 2.64. The summed E-state index contributed by atoms with van der Waals surface area (Å²) >= 11 is 42.1. The van der Waals surface area contributed by atoms with Gasteiger partial charge in [-0.25, -0.2) is 5.11 Å². The zero-order valence-corrected chi connectivity index (χ0v) is 15.7. The molecule has 1 nitrogen and oxygen atoms in total. The van der Waals surface area contributed by atoms with Crippen LogP contribution in [-0.2, 0) is 11.5 Å². The summed E-state index contributed by atoms with van der Waals surface area (Å²) in [5.41, 5.74) is 1.58. The summed E-state index contributed by atoms with van der Waals surface area (Å²) in [6.45, 7) is 0. The van der Waals surface area contributed by atoms with Crippen LogP contribution in [0.5, 0.6) is 0 Å². The minimum atomic E-state index is -2.14. The molecule has 117 valence electrons. The summed E-state index contributed by atoms with van der Waals surface area (Å²) in [6.07, 6.45) is -0.167. The molecule has 0 saturated carbocycles. The monoisotopic (exact) mass is 427 g/mol. The lowest BCUT2D eigenvalue weighted by molar-refractivity contribution is 0.0156. The van der Waals surface area contributed by atoms with Crippen LogP contribution in [0.25, 0.3) is 0 Å². The van der Waals surface area contributed by atoms with E-state index in [0.29, 0.717) is 18.4 Å². The molecule has 1 aromatic carbocycles. The molecule has 2 atom stereocenters. The summed E-state index contributed by atoms with van der Waals surface area (Å²) in [4.78, 5) is 0. The average Bonchev–Trinajstić information content (AvgIpc) is 2.37. The zero-order chi connectivity index (χ0) is 16.1. The topological polar surface area (TPSA) is 19.9 Å². The highest BCUT2D eigenvalue weighted by molar-refractivity contribution is 6.78. The van der Waals surface area contributed by atoms with Gasteiger partial charge in [0.05, 0.1) is 0 Å². The molecule has 1 radical (unpaired) electrons. The van der Waals surface area contributed by atoms with Crippen molar-refractivity contribution in [1.29, 1.82) is 0 Å². The van der Waals surface area contributed by atoms with Gasteiger partial charge in [-0.05, 0) is 24.0 Å². The molecule has 1 aromatic rings. The lowest BCUT2D eigenvalue weighted by Gasteiger charge is -2.45. The fourth-order valence-electron chi connectivity index (χ4n) is 2.51. The Labute approximate surface area is 158 Å². The Hall–Kier alpha value is 1.21. The van der Waals surface area contributed by atoms with Crippen LogP contribution in [-0.4, -0.2) is 12.5 Å². The van der Waals surface area contributed by atoms with E-state index in [2.05, 4.69) is 0 Å². The predicted octanol–water partition coefficient (Wildman–Crippen LogP) is 6.44. The lowest BCUT2D eigenvalue weighted by Crippen LogP contribution is -2.53. The van der Waals surface area contributed by atoms with Crippen LogP contribution < -0.4 is 0 Å². The Morgan fingerprint density at radius 2 is 1.52 bits per heavy atom. The maximum absolute atomic E-state index is 12.7. The smallest absolute Gasteiger partial charge is 0.226 e. The molecule has 0 fully saturated rings. The molecule has 2 unspecified atom stereocenters. The van der Waals surface area contributed by atoms with Gasteiger partial charge in [0, 0.05) is 5.92 Å². The summed E-state index contributed by atoms with van der Waals surface area (Å²) in [5, 5.41) is 12.7. The second kappa shape index (κ2) is 6.26. The van der Waals surface area contributed by atoms with Crippen molar-refractivity contribution >= 4 is 81.2 Å². The van der Waals surface area contributed by atoms with E-state index in [9.17, 15) is 5.11 Å². The molecule has 0 spiro atoms. The van der Waals surface area contributed by atoms with Gasteiger partial charge < -0.3 is 0 Å². The number of fused-ring (bicyclic) bond motifs is 1. The fraction of sp³-hybridized carbons (Fsp3) is 0.538. The van der Waals surface area contributed by atoms with E-state index in [-0.39, 0.29) is 0 Å². The molecular formula is C13H10Cl7O. The highest BCUT2D eigenvalue weighted by Crippen LogP contribution is 2.62. The Morgan fingerprint density at radius 3 is 2.10 bits per heavy atom. The van der Waals surface area contributed by atoms with Gasteiger partial charge in [-0.2, -0.15) is 0 Å². The van der Waals surface area contributed by atoms with Crippen LogP contribution in [0.3, 0.4) is 0 Å². The summed E-state index contributed by atoms with van der Waals surface area (Å²) in [7, 11) is 0. The molecule has 0 aromatic heterocycles. The first kappa shape index (κ1) is 18.5. The normalized spacial score (nSPS) is 23.8. The zero-order valence-electron chi connectivity index (χ0n) is 10.4. The third-order valence-corrected chi connectivity index (χ3v) is 7.80. The number of hydrogen-bond acceptors (Lipinski definition) is 0. The van der Waals surface area contributed by atoms with Crippen molar-refractivity contribution in [1.82, 2.24) is 0 Å². The minimum Gasteiger partial charge on any atom is -0.227 e. The van der Waals surface area contributed by atoms with Crippen molar-refractivity contribution in [3.63, 3.8) is 0 Å². The van der Waals surface area contributed by atoms with Crippen LogP contribution in [0.4, 0.5) is 0 Å². The van der Waals surface area contributed by atoms with Crippen molar-refractivity contribution in [2.45, 2.75) is 31.4 Å². The number of hydrogen-bond donors (Lipinski definition) is 0. The number of alkyl halides is 7. The van der Waals surface area contributed by atoms with E-state index in [1.54, 1.807) is 12.1 Å². The van der Waals surface area contributed by atoms with Crippen LogP contribution in [0, 0.1) is 5.92 Å². The number of rotatable bonds is 2. The minimum absolute atomic E-state index is 0.403. The highest BCUT2D eigenvalue weighted by atomic mass is 35.6. The molecule has 21 heavy (non-hydrogen) atoms. The molecule has 8 heteroatoms. The Morgan fingerprint density at radius 1 is 0.952 bits per heavy atom. The Bertz CT molecular complexity index is 523. The van der Waals surface area contributed by atoms with Crippen LogP contribution in [0.2, 0.25) is 0 Å². The van der Waals surface area contributed by atoms with Crippen molar-refractivity contribution in [3.8, 4) is 0 Å². The summed E-state index contributed by atoms with van der Waals surface area (Å²) in [5.74, 6) is -0.790. The van der Waals surface area contributed by atoms with Gasteiger partial charge in [-0.15, -0.1) is 0 Å². The van der Waals surface area contributed by atoms with Gasteiger partial charge in [0.15, 0.2) is 8.67 Å². The van der Waals surface area contributed by atoms with E-state index in [4.69, 9.17) is 81.2 Å². The summed E-state index contributed by atoms with van der Waals surface area (Å²) < 4.78 is -6.19. The molecule has 0 heterocycles. The van der Waals surface area contributed by atoms with Crippen LogP contribution in [0.15, 0.2) is 24.3 Å². The first-order valence-corrected chi connectivity index (χ1v) is 8.70. The second-order valence-corrected chi connectivity index (χ2v) is 9.95. The molecule has 0 bridgehead atoms. The average molecular weight is 430 g/mol. The fourth-order valence-corrected chi connectivity index (χ4v) is 4.26. The maximum atomic E-state index is 12.7. The molecule has 0 N–H and O–H groups in total. The molecule has 1 aliphatic rings. The largest absolute Gasteiger partial charge is 0.227 e. The molecule has 0 saturated heterocycles. The van der Waals surface area contributed by atoms with E-state index >= 15 is 0 Å². The molecule has 1 aliphatic carbocycles. The van der Waals surface area contributed by atoms with E-state index in [1.165, 1.54) is 0 Å². The van der Waals surface area contributed by atoms with Crippen LogP contribution >= 0.6 is 81.2 Å². The Kier molecular flexibility index (Phi) is 5.53. The third kappa shape index (κ3) is 3.23. The number of aryl methyl sites for hydroxylation is 1. The quantitative estimate of drug-likeness (QED) is 0.482. The first-order chi connectivity index (χ1) is 9.50. The number of benzene rings is 1. The van der Waals surface area contributed by atoms with Crippen molar-refractivity contribution in [2.75, 3.05) is 0 Å². The third-order valence-electron chi connectivity index (χ3n) is 3.69. The van der Waals surface area contributed by atoms with E-state index in [1.807, 2.05) is 12.1 Å². The van der Waals surface area contributed by atoms with Gasteiger partial charge in [0.1, 0.15) is 6.10 Å². The second-order valence-electron chi connectivity index (χ2n) is 4.96. The van der Waals surface area contributed by atoms with Gasteiger partial charge in [0.2, 0.25) is 3.79 Å². The molecule has 0 aliphatic heterocycles. The predicted molar refractivity (Wildman–Crippen MR) is 90.8 cm³/mol. The SMILES string of the molecule is [O]C1c2ccccc2CCC1C(Cl)(Cl)C(Cl)(Cl)C(Cl)(Cl)Cl. The maximum Gasteiger partial charge on any atom is 0.226 e. The first-order valence-electron chi connectivity index (χ1n) is 6.06. The van der Waals surface area contributed by atoms with Crippen molar-refractivity contribution in [2.24, 2.45) is 5.92 Å². The Balaban J connectivity index is 2.39.